The van der Waals surface area contributed by atoms with Gasteiger partial charge < -0.3 is 0 Å². The lowest BCUT2D eigenvalue weighted by Crippen LogP contribution is -1.87. The third-order valence-corrected chi connectivity index (χ3v) is 2.21. The van der Waals surface area contributed by atoms with E-state index in [1.807, 2.05) is 36.4 Å². The van der Waals surface area contributed by atoms with Crippen molar-refractivity contribution >= 4 is 17.8 Å². The standard InChI is InChI=1S/C11H9ClN2/c1-2-14-11(12)8-10(13-14)9-6-4-3-5-7-9/h2-8H,1H2. The van der Waals surface area contributed by atoms with Crippen LogP contribution in [0, 0.1) is 0 Å². The molecule has 1 aromatic heterocycles. The molecule has 0 fully saturated rings. The number of hydrogen-bond acceptors (Lipinski definition) is 1. The summed E-state index contributed by atoms with van der Waals surface area (Å²) in [4.78, 5) is 0. The zero-order chi connectivity index (χ0) is 9.97. The van der Waals surface area contributed by atoms with Crippen LogP contribution in [0.1, 0.15) is 0 Å². The molecule has 2 nitrogen and oxygen atoms in total. The van der Waals surface area contributed by atoms with Crippen LogP contribution in [0.2, 0.25) is 5.15 Å². The molecular formula is C11H9ClN2. The summed E-state index contributed by atoms with van der Waals surface area (Å²) < 4.78 is 1.55. The second-order valence-corrected chi connectivity index (χ2v) is 3.23. The molecule has 0 spiro atoms. The molecule has 0 radical (unpaired) electrons. The molecule has 1 aromatic carbocycles. The van der Waals surface area contributed by atoms with Crippen LogP contribution in [0.15, 0.2) is 43.0 Å². The third kappa shape index (κ3) is 1.56. The molecule has 70 valence electrons. The van der Waals surface area contributed by atoms with E-state index in [0.29, 0.717) is 5.15 Å². The SMILES string of the molecule is C=Cn1nc(-c2ccccc2)cc1Cl. The molecule has 0 aliphatic carbocycles. The molecule has 0 amide bonds. The molecule has 0 saturated carbocycles. The highest BCUT2D eigenvalue weighted by molar-refractivity contribution is 6.30. The van der Waals surface area contributed by atoms with Gasteiger partial charge in [-0.25, -0.2) is 4.68 Å². The van der Waals surface area contributed by atoms with Gasteiger partial charge in [-0.3, -0.25) is 0 Å². The van der Waals surface area contributed by atoms with Gasteiger partial charge >= 0.3 is 0 Å². The number of benzene rings is 1. The van der Waals surface area contributed by atoms with Crippen LogP contribution in [0.3, 0.4) is 0 Å². The topological polar surface area (TPSA) is 17.8 Å². The van der Waals surface area contributed by atoms with E-state index >= 15 is 0 Å². The summed E-state index contributed by atoms with van der Waals surface area (Å²) in [6.07, 6.45) is 1.58. The first-order valence-electron chi connectivity index (χ1n) is 4.24. The Morgan fingerprint density at radius 1 is 1.29 bits per heavy atom. The van der Waals surface area contributed by atoms with Gasteiger partial charge in [0.25, 0.3) is 0 Å². The predicted octanol–water partition coefficient (Wildman–Crippen LogP) is 3.30. The second-order valence-electron chi connectivity index (χ2n) is 2.85. The minimum absolute atomic E-state index is 0.568. The maximum Gasteiger partial charge on any atom is 0.132 e. The highest BCUT2D eigenvalue weighted by atomic mass is 35.5. The molecule has 1 heterocycles. The van der Waals surface area contributed by atoms with Crippen LogP contribution >= 0.6 is 11.6 Å². The number of aromatic nitrogens is 2. The molecule has 0 saturated heterocycles. The average Bonchev–Trinajstić information content (AvgIpc) is 2.61. The van der Waals surface area contributed by atoms with E-state index in [1.165, 1.54) is 0 Å². The van der Waals surface area contributed by atoms with Gasteiger partial charge in [-0.15, -0.1) is 0 Å². The Balaban J connectivity index is 2.48. The number of rotatable bonds is 2. The second kappa shape index (κ2) is 3.68. The van der Waals surface area contributed by atoms with E-state index < -0.39 is 0 Å². The van der Waals surface area contributed by atoms with Crippen LogP contribution in [-0.2, 0) is 0 Å². The zero-order valence-corrected chi connectivity index (χ0v) is 8.28. The molecule has 0 N–H and O–H groups in total. The molecule has 0 atom stereocenters. The normalized spacial score (nSPS) is 10.1. The van der Waals surface area contributed by atoms with Crippen LogP contribution in [-0.4, -0.2) is 9.78 Å². The van der Waals surface area contributed by atoms with E-state index in [-0.39, 0.29) is 0 Å². The van der Waals surface area contributed by atoms with E-state index in [9.17, 15) is 0 Å². The molecular weight excluding hydrogens is 196 g/mol. The third-order valence-electron chi connectivity index (χ3n) is 1.93. The largest absolute Gasteiger partial charge is 0.229 e. The van der Waals surface area contributed by atoms with Gasteiger partial charge in [0.2, 0.25) is 0 Å². The van der Waals surface area contributed by atoms with Gasteiger partial charge in [-0.05, 0) is 0 Å². The van der Waals surface area contributed by atoms with Crippen molar-refractivity contribution in [3.05, 3.63) is 48.1 Å². The minimum atomic E-state index is 0.568. The van der Waals surface area contributed by atoms with E-state index in [2.05, 4.69) is 11.7 Å². The van der Waals surface area contributed by atoms with Crippen molar-refractivity contribution in [3.8, 4) is 11.3 Å². The first-order valence-corrected chi connectivity index (χ1v) is 4.62. The van der Waals surface area contributed by atoms with Gasteiger partial charge in [0.15, 0.2) is 0 Å². The summed E-state index contributed by atoms with van der Waals surface area (Å²) in [6.45, 7) is 3.61. The highest BCUT2D eigenvalue weighted by Crippen LogP contribution is 2.21. The minimum Gasteiger partial charge on any atom is -0.229 e. The Morgan fingerprint density at radius 2 is 2.00 bits per heavy atom. The summed E-state index contributed by atoms with van der Waals surface area (Å²) in [5.41, 5.74) is 1.91. The fourth-order valence-corrected chi connectivity index (χ4v) is 1.46. The van der Waals surface area contributed by atoms with Crippen molar-refractivity contribution in [3.63, 3.8) is 0 Å². The summed E-state index contributed by atoms with van der Waals surface area (Å²) in [5.74, 6) is 0. The van der Waals surface area contributed by atoms with Crippen molar-refractivity contribution < 1.29 is 0 Å². The highest BCUT2D eigenvalue weighted by Gasteiger charge is 2.04. The maximum atomic E-state index is 5.92. The van der Waals surface area contributed by atoms with Crippen LogP contribution < -0.4 is 0 Å². The number of nitrogens with zero attached hydrogens (tertiary/aromatic N) is 2. The smallest absolute Gasteiger partial charge is 0.132 e. The lowest BCUT2D eigenvalue weighted by Gasteiger charge is -1.93. The maximum absolute atomic E-state index is 5.92. The van der Waals surface area contributed by atoms with Crippen LogP contribution in [0.4, 0.5) is 0 Å². The Labute approximate surface area is 87.4 Å². The first kappa shape index (κ1) is 9.03. The quantitative estimate of drug-likeness (QED) is 0.734. The van der Waals surface area contributed by atoms with Gasteiger partial charge in [0.1, 0.15) is 5.15 Å². The van der Waals surface area contributed by atoms with Crippen molar-refractivity contribution in [2.75, 3.05) is 0 Å². The van der Waals surface area contributed by atoms with E-state index in [4.69, 9.17) is 11.6 Å². The molecule has 14 heavy (non-hydrogen) atoms. The lowest BCUT2D eigenvalue weighted by atomic mass is 10.2. The average molecular weight is 205 g/mol. The van der Waals surface area contributed by atoms with Gasteiger partial charge in [-0.2, -0.15) is 5.10 Å². The Morgan fingerprint density at radius 3 is 2.57 bits per heavy atom. The Hall–Kier alpha value is -1.54. The lowest BCUT2D eigenvalue weighted by molar-refractivity contribution is 0.942. The number of hydrogen-bond donors (Lipinski definition) is 0. The Bertz CT molecular complexity index is 446. The molecule has 0 aliphatic heterocycles. The fraction of sp³-hybridized carbons (Fsp3) is 0. The zero-order valence-electron chi connectivity index (χ0n) is 7.52. The number of halogens is 1. The first-order chi connectivity index (χ1) is 6.81. The van der Waals surface area contributed by atoms with Crippen molar-refractivity contribution in [2.24, 2.45) is 0 Å². The van der Waals surface area contributed by atoms with Gasteiger partial charge in [-0.1, -0.05) is 48.5 Å². The Kier molecular flexibility index (Phi) is 2.37. The van der Waals surface area contributed by atoms with Gasteiger partial charge in [0.05, 0.1) is 5.69 Å². The predicted molar refractivity (Wildman–Crippen MR) is 59.1 cm³/mol. The van der Waals surface area contributed by atoms with E-state index in [0.717, 1.165) is 11.3 Å². The summed E-state index contributed by atoms with van der Waals surface area (Å²) >= 11 is 5.92. The molecule has 0 unspecified atom stereocenters. The van der Waals surface area contributed by atoms with E-state index in [1.54, 1.807) is 10.9 Å². The summed E-state index contributed by atoms with van der Waals surface area (Å²) in [7, 11) is 0. The van der Waals surface area contributed by atoms with Crippen molar-refractivity contribution in [1.82, 2.24) is 9.78 Å². The van der Waals surface area contributed by atoms with Crippen molar-refractivity contribution in [1.29, 1.82) is 0 Å². The van der Waals surface area contributed by atoms with Crippen molar-refractivity contribution in [2.45, 2.75) is 0 Å². The molecule has 0 bridgehead atoms. The van der Waals surface area contributed by atoms with Crippen LogP contribution in [0.5, 0.6) is 0 Å². The van der Waals surface area contributed by atoms with Gasteiger partial charge in [0, 0.05) is 17.8 Å². The monoisotopic (exact) mass is 204 g/mol. The fourth-order valence-electron chi connectivity index (χ4n) is 1.25. The molecule has 2 rings (SSSR count). The molecule has 2 aromatic rings. The summed E-state index contributed by atoms with van der Waals surface area (Å²) in [6, 6.07) is 11.7. The molecule has 3 heteroatoms. The van der Waals surface area contributed by atoms with Crippen LogP contribution in [0.25, 0.3) is 17.5 Å². The summed E-state index contributed by atoms with van der Waals surface area (Å²) in [5, 5.41) is 4.83. The molecule has 0 aliphatic rings.